The van der Waals surface area contributed by atoms with Gasteiger partial charge in [0.1, 0.15) is 11.7 Å². The van der Waals surface area contributed by atoms with Crippen LogP contribution in [0.2, 0.25) is 0 Å². The van der Waals surface area contributed by atoms with Gasteiger partial charge in [-0.25, -0.2) is 9.78 Å². The quantitative estimate of drug-likeness (QED) is 0.602. The lowest BCUT2D eigenvalue weighted by molar-refractivity contribution is -0.141. The van der Waals surface area contributed by atoms with E-state index in [1.807, 2.05) is 0 Å². The van der Waals surface area contributed by atoms with Gasteiger partial charge in [-0.05, 0) is 48.2 Å². The largest absolute Gasteiger partial charge is 0.433 e. The zero-order valence-corrected chi connectivity index (χ0v) is 19.6. The first kappa shape index (κ1) is 24.7. The van der Waals surface area contributed by atoms with E-state index in [0.29, 0.717) is 22.4 Å². The Hall–Kier alpha value is -4.00. The molecular formula is C24H22F3N5O5. The van der Waals surface area contributed by atoms with Crippen molar-refractivity contribution in [1.82, 2.24) is 15.2 Å². The highest BCUT2D eigenvalue weighted by atomic mass is 19.4. The summed E-state index contributed by atoms with van der Waals surface area (Å²) in [7, 11) is 1.43. The summed E-state index contributed by atoms with van der Waals surface area (Å²) in [4.78, 5) is 56.0. The number of benzene rings is 1. The minimum atomic E-state index is -4.61. The van der Waals surface area contributed by atoms with Crippen LogP contribution in [0.4, 0.5) is 29.3 Å². The number of halogens is 3. The van der Waals surface area contributed by atoms with Gasteiger partial charge in [0, 0.05) is 31.3 Å². The average Bonchev–Trinajstić information content (AvgIpc) is 3.35. The molecule has 194 valence electrons. The third kappa shape index (κ3) is 4.50. The molecule has 2 aromatic rings. The van der Waals surface area contributed by atoms with Crippen LogP contribution in [0.15, 0.2) is 30.5 Å². The van der Waals surface area contributed by atoms with Crippen molar-refractivity contribution < 1.29 is 37.1 Å². The lowest BCUT2D eigenvalue weighted by atomic mass is 10.0. The van der Waals surface area contributed by atoms with Crippen LogP contribution in [0.5, 0.6) is 0 Å². The second-order valence-electron chi connectivity index (χ2n) is 9.08. The lowest BCUT2D eigenvalue weighted by Crippen LogP contribution is -2.52. The molecule has 1 aromatic heterocycles. The fraction of sp³-hybridized carbons (Fsp3) is 0.375. The number of carbonyl (C=O) groups is 4. The number of nitrogens with one attached hydrogen (secondary N) is 2. The second kappa shape index (κ2) is 9.14. The van der Waals surface area contributed by atoms with Crippen molar-refractivity contribution >= 4 is 35.1 Å². The lowest BCUT2D eigenvalue weighted by Gasteiger charge is -2.29. The molecule has 0 bridgehead atoms. The Morgan fingerprint density at radius 3 is 2.70 bits per heavy atom. The van der Waals surface area contributed by atoms with Gasteiger partial charge >= 0.3 is 12.2 Å². The maximum Gasteiger partial charge on any atom is 0.433 e. The predicted molar refractivity (Wildman–Crippen MR) is 123 cm³/mol. The first-order valence-corrected chi connectivity index (χ1v) is 11.5. The van der Waals surface area contributed by atoms with Crippen molar-refractivity contribution in [2.75, 3.05) is 23.9 Å². The van der Waals surface area contributed by atoms with Crippen molar-refractivity contribution in [3.63, 3.8) is 0 Å². The summed E-state index contributed by atoms with van der Waals surface area (Å²) in [5.41, 5.74) is 0.904. The highest BCUT2D eigenvalue weighted by Gasteiger charge is 2.40. The first-order valence-electron chi connectivity index (χ1n) is 11.5. The smallest absolute Gasteiger partial charge is 0.383 e. The number of amides is 5. The maximum atomic E-state index is 13.2. The molecule has 2 N–H and O–H groups in total. The van der Waals surface area contributed by atoms with E-state index in [4.69, 9.17) is 4.74 Å². The van der Waals surface area contributed by atoms with Gasteiger partial charge in [-0.1, -0.05) is 0 Å². The number of piperidine rings is 1. The summed E-state index contributed by atoms with van der Waals surface area (Å²) in [5, 5.41) is 4.98. The summed E-state index contributed by atoms with van der Waals surface area (Å²) in [6.07, 6.45) is -3.04. The molecule has 0 saturated carbocycles. The molecule has 13 heteroatoms. The number of hydrogen-bond acceptors (Lipinski definition) is 6. The molecule has 4 heterocycles. The molecule has 1 unspecified atom stereocenters. The van der Waals surface area contributed by atoms with Crippen LogP contribution in [0.1, 0.15) is 40.0 Å². The van der Waals surface area contributed by atoms with Crippen LogP contribution in [0.25, 0.3) is 0 Å². The van der Waals surface area contributed by atoms with Crippen molar-refractivity contribution in [1.29, 1.82) is 0 Å². The van der Waals surface area contributed by atoms with E-state index >= 15 is 0 Å². The molecule has 2 atom stereocenters. The molecule has 1 aromatic carbocycles. The monoisotopic (exact) mass is 517 g/mol. The highest BCUT2D eigenvalue weighted by molar-refractivity contribution is 6.07. The summed E-state index contributed by atoms with van der Waals surface area (Å²) < 4.78 is 44.5. The van der Waals surface area contributed by atoms with Crippen molar-refractivity contribution in [2.24, 2.45) is 0 Å². The Balaban J connectivity index is 1.35. The van der Waals surface area contributed by atoms with Crippen LogP contribution < -0.4 is 15.5 Å². The number of alkyl halides is 3. The molecule has 3 aliphatic heterocycles. The summed E-state index contributed by atoms with van der Waals surface area (Å²) >= 11 is 0. The minimum Gasteiger partial charge on any atom is -0.383 e. The van der Waals surface area contributed by atoms with Crippen LogP contribution in [0.3, 0.4) is 0 Å². The van der Waals surface area contributed by atoms with Gasteiger partial charge in [0.2, 0.25) is 11.8 Å². The number of carbonyl (C=O) groups excluding carboxylic acids is 4. The molecule has 1 saturated heterocycles. The first-order chi connectivity index (χ1) is 17.6. The molecule has 0 aliphatic carbocycles. The van der Waals surface area contributed by atoms with E-state index in [1.165, 1.54) is 23.0 Å². The fourth-order valence-electron chi connectivity index (χ4n) is 5.00. The van der Waals surface area contributed by atoms with E-state index in [1.54, 1.807) is 12.1 Å². The number of aromatic nitrogens is 1. The number of pyridine rings is 1. The Labute approximate surface area is 208 Å². The molecule has 5 rings (SSSR count). The van der Waals surface area contributed by atoms with Crippen LogP contribution in [-0.2, 0) is 33.5 Å². The Morgan fingerprint density at radius 2 is 2.00 bits per heavy atom. The Kier molecular flexibility index (Phi) is 6.10. The van der Waals surface area contributed by atoms with E-state index in [2.05, 4.69) is 15.6 Å². The summed E-state index contributed by atoms with van der Waals surface area (Å²) in [6.45, 7) is 0.232. The summed E-state index contributed by atoms with van der Waals surface area (Å²) in [5.74, 6) is -1.25. The number of rotatable bonds is 4. The molecule has 0 radical (unpaired) electrons. The summed E-state index contributed by atoms with van der Waals surface area (Å²) in [6, 6.07) is 3.75. The van der Waals surface area contributed by atoms with Crippen molar-refractivity contribution in [3.05, 3.63) is 52.8 Å². The number of anilines is 2. The van der Waals surface area contributed by atoms with Crippen LogP contribution >= 0.6 is 0 Å². The topological polar surface area (TPSA) is 121 Å². The van der Waals surface area contributed by atoms with Crippen LogP contribution in [0, 0.1) is 0 Å². The fourth-order valence-corrected chi connectivity index (χ4v) is 5.00. The van der Waals surface area contributed by atoms with E-state index in [-0.39, 0.29) is 49.9 Å². The predicted octanol–water partition coefficient (Wildman–Crippen LogP) is 2.47. The zero-order chi connectivity index (χ0) is 26.5. The van der Waals surface area contributed by atoms with Crippen molar-refractivity contribution in [3.8, 4) is 0 Å². The molecule has 0 spiro atoms. The van der Waals surface area contributed by atoms with E-state index < -0.39 is 35.9 Å². The van der Waals surface area contributed by atoms with Gasteiger partial charge in [-0.2, -0.15) is 13.2 Å². The highest BCUT2D eigenvalue weighted by Crippen LogP contribution is 2.37. The number of imide groups is 1. The molecular weight excluding hydrogens is 495 g/mol. The zero-order valence-electron chi connectivity index (χ0n) is 19.6. The third-order valence-corrected chi connectivity index (χ3v) is 6.69. The Bertz CT molecular complexity index is 1310. The average molecular weight is 517 g/mol. The molecule has 5 amide bonds. The van der Waals surface area contributed by atoms with E-state index in [9.17, 15) is 32.3 Å². The molecule has 1 fully saturated rings. The number of fused-ring (bicyclic) bond motifs is 2. The van der Waals surface area contributed by atoms with E-state index in [0.717, 1.165) is 12.3 Å². The normalized spacial score (nSPS) is 21.1. The van der Waals surface area contributed by atoms with Gasteiger partial charge in [-0.15, -0.1) is 0 Å². The number of hydrogen-bond donors (Lipinski definition) is 2. The van der Waals surface area contributed by atoms with Crippen molar-refractivity contribution in [2.45, 2.75) is 44.1 Å². The standard InChI is InChI=1S/C24H22F3N5O5/c1-37-11-15-7-12-8-19(24(25,26)27)28-9-18(12)32(15)23(36)29-14-2-3-16-13(6-14)10-31(22(16)35)17-4-5-20(33)30-21(17)34/h2-3,6,8-9,15,17H,4-5,7,10-11H2,1H3,(H,29,36)(H,30,33,34)/t15-,17?/m1/s1. The van der Waals surface area contributed by atoms with Gasteiger partial charge in [0.25, 0.3) is 5.91 Å². The Morgan fingerprint density at radius 1 is 1.22 bits per heavy atom. The number of ether oxygens (including phenoxy) is 1. The van der Waals surface area contributed by atoms with Gasteiger partial charge < -0.3 is 15.0 Å². The molecule has 3 aliphatic rings. The SMILES string of the molecule is COC[C@H]1Cc2cc(C(F)(F)F)ncc2N1C(=O)Nc1ccc2c(c1)CN(C1CCC(=O)NC1=O)C2=O. The second-order valence-corrected chi connectivity index (χ2v) is 9.08. The molecule has 10 nitrogen and oxygen atoms in total. The van der Waals surface area contributed by atoms with Gasteiger partial charge in [-0.3, -0.25) is 24.6 Å². The van der Waals surface area contributed by atoms with Crippen LogP contribution in [-0.4, -0.2) is 59.4 Å². The number of urea groups is 1. The molecule has 37 heavy (non-hydrogen) atoms. The van der Waals surface area contributed by atoms with Gasteiger partial charge in [0.05, 0.1) is 24.5 Å². The minimum absolute atomic E-state index is 0.100. The number of methoxy groups -OCH3 is 1. The number of nitrogens with zero attached hydrogens (tertiary/aromatic N) is 3. The van der Waals surface area contributed by atoms with Gasteiger partial charge in [0.15, 0.2) is 0 Å². The maximum absolute atomic E-state index is 13.2. The third-order valence-electron chi connectivity index (χ3n) is 6.69.